The molecule has 6 nitrogen and oxygen atoms in total. The number of amides is 2. The van der Waals surface area contributed by atoms with Crippen molar-refractivity contribution in [2.75, 3.05) is 0 Å². The van der Waals surface area contributed by atoms with Crippen LogP contribution in [0.5, 0.6) is 0 Å². The van der Waals surface area contributed by atoms with Gasteiger partial charge < -0.3 is 5.32 Å². The minimum Gasteiger partial charge on any atom is -0.302 e. The number of benzene rings is 1. The lowest BCUT2D eigenvalue weighted by molar-refractivity contribution is -0.119. The third-order valence-electron chi connectivity index (χ3n) is 3.10. The number of hydrazine groups is 1. The first kappa shape index (κ1) is 16.6. The van der Waals surface area contributed by atoms with E-state index < -0.39 is 0 Å². The zero-order valence-electron chi connectivity index (χ0n) is 12.5. The lowest BCUT2D eigenvalue weighted by Gasteiger charge is -2.11. The number of pyridine rings is 1. The molecule has 2 rings (SSSR count). The van der Waals surface area contributed by atoms with E-state index in [9.17, 15) is 9.59 Å². The first-order valence-corrected chi connectivity index (χ1v) is 7.32. The van der Waals surface area contributed by atoms with Crippen LogP contribution >= 0.6 is 12.2 Å². The Hall–Kier alpha value is -2.80. The van der Waals surface area contributed by atoms with Crippen LogP contribution in [0.1, 0.15) is 21.5 Å². The standard InChI is InChI=1S/C16H16N4O2S/c1-11-4-2-3-5-13(11)10-14(21)18-16(23)20-19-15(22)12-6-8-17-9-7-12/h2-9H,10H2,1H3,(H,19,22)(H2,18,20,21,23). The molecule has 1 aromatic carbocycles. The Bertz CT molecular complexity index is 719. The fourth-order valence-corrected chi connectivity index (χ4v) is 2.04. The highest BCUT2D eigenvalue weighted by atomic mass is 32.1. The van der Waals surface area contributed by atoms with Crippen LogP contribution in [0, 0.1) is 6.92 Å². The third kappa shape index (κ3) is 5.15. The van der Waals surface area contributed by atoms with Gasteiger partial charge in [-0.25, -0.2) is 0 Å². The maximum Gasteiger partial charge on any atom is 0.269 e. The summed E-state index contributed by atoms with van der Waals surface area (Å²) in [6.45, 7) is 1.94. The first-order chi connectivity index (χ1) is 11.1. The molecule has 2 amide bonds. The molecular weight excluding hydrogens is 312 g/mol. The molecule has 0 saturated carbocycles. The van der Waals surface area contributed by atoms with Gasteiger partial charge in [-0.2, -0.15) is 0 Å². The molecule has 0 fully saturated rings. The van der Waals surface area contributed by atoms with E-state index in [0.29, 0.717) is 5.56 Å². The third-order valence-corrected chi connectivity index (χ3v) is 3.30. The van der Waals surface area contributed by atoms with Crippen molar-refractivity contribution in [3.05, 3.63) is 65.5 Å². The van der Waals surface area contributed by atoms with E-state index in [-0.39, 0.29) is 23.3 Å². The SMILES string of the molecule is Cc1ccccc1CC(=O)NC(=S)NNC(=O)c1ccncc1. The average molecular weight is 328 g/mol. The van der Waals surface area contributed by atoms with Gasteiger partial charge in [0.15, 0.2) is 5.11 Å². The van der Waals surface area contributed by atoms with Crippen LogP contribution in [0.3, 0.4) is 0 Å². The Morgan fingerprint density at radius 1 is 1.09 bits per heavy atom. The smallest absolute Gasteiger partial charge is 0.269 e. The van der Waals surface area contributed by atoms with E-state index in [1.54, 1.807) is 12.1 Å². The number of carbonyl (C=O) groups excluding carboxylic acids is 2. The summed E-state index contributed by atoms with van der Waals surface area (Å²) in [6, 6.07) is 10.7. The van der Waals surface area contributed by atoms with Gasteiger partial charge in [0.05, 0.1) is 6.42 Å². The zero-order chi connectivity index (χ0) is 16.7. The predicted octanol–water partition coefficient (Wildman–Crippen LogP) is 1.27. The quantitative estimate of drug-likeness (QED) is 0.584. The molecule has 0 aliphatic carbocycles. The van der Waals surface area contributed by atoms with Crippen LogP contribution in [0.15, 0.2) is 48.8 Å². The number of nitrogens with zero attached hydrogens (tertiary/aromatic N) is 1. The average Bonchev–Trinajstić information content (AvgIpc) is 2.55. The molecule has 0 atom stereocenters. The molecule has 118 valence electrons. The number of thiocarbonyl (C=S) groups is 1. The van der Waals surface area contributed by atoms with Crippen LogP contribution in [-0.4, -0.2) is 21.9 Å². The highest BCUT2D eigenvalue weighted by Gasteiger charge is 2.09. The van der Waals surface area contributed by atoms with E-state index in [2.05, 4.69) is 21.2 Å². The highest BCUT2D eigenvalue weighted by Crippen LogP contribution is 2.07. The van der Waals surface area contributed by atoms with Gasteiger partial charge in [0.1, 0.15) is 0 Å². The summed E-state index contributed by atoms with van der Waals surface area (Å²) in [4.78, 5) is 27.6. The summed E-state index contributed by atoms with van der Waals surface area (Å²) in [7, 11) is 0. The Labute approximate surface area is 139 Å². The second-order valence-electron chi connectivity index (χ2n) is 4.80. The highest BCUT2D eigenvalue weighted by molar-refractivity contribution is 7.80. The molecule has 23 heavy (non-hydrogen) atoms. The second-order valence-corrected chi connectivity index (χ2v) is 5.20. The first-order valence-electron chi connectivity index (χ1n) is 6.91. The number of aryl methyl sites for hydroxylation is 1. The number of rotatable bonds is 3. The summed E-state index contributed by atoms with van der Waals surface area (Å²) < 4.78 is 0. The fourth-order valence-electron chi connectivity index (χ4n) is 1.87. The summed E-state index contributed by atoms with van der Waals surface area (Å²) in [5.41, 5.74) is 7.29. The normalized spacial score (nSPS) is 9.78. The Morgan fingerprint density at radius 3 is 2.48 bits per heavy atom. The molecule has 0 aliphatic rings. The molecular formula is C16H16N4O2S. The molecule has 1 heterocycles. The van der Waals surface area contributed by atoms with Crippen LogP contribution in [0.2, 0.25) is 0 Å². The van der Waals surface area contributed by atoms with Crippen LogP contribution in [-0.2, 0) is 11.2 Å². The van der Waals surface area contributed by atoms with Crippen LogP contribution < -0.4 is 16.2 Å². The summed E-state index contributed by atoms with van der Waals surface area (Å²) in [5, 5.41) is 2.55. The topological polar surface area (TPSA) is 83.1 Å². The Kier molecular flexibility index (Phi) is 5.76. The van der Waals surface area contributed by atoms with Crippen molar-refractivity contribution in [3.63, 3.8) is 0 Å². The lowest BCUT2D eigenvalue weighted by atomic mass is 10.1. The van der Waals surface area contributed by atoms with Gasteiger partial charge in [-0.3, -0.25) is 25.4 Å². The number of nitrogens with one attached hydrogen (secondary N) is 3. The zero-order valence-corrected chi connectivity index (χ0v) is 13.3. The summed E-state index contributed by atoms with van der Waals surface area (Å²) in [5.74, 6) is -0.627. The van der Waals surface area contributed by atoms with Crippen molar-refractivity contribution < 1.29 is 9.59 Å². The minimum absolute atomic E-state index is 0.0333. The molecule has 1 aromatic heterocycles. The van der Waals surface area contributed by atoms with Gasteiger partial charge in [-0.05, 0) is 42.4 Å². The number of carbonyl (C=O) groups is 2. The van der Waals surface area contributed by atoms with Crippen molar-refractivity contribution in [1.29, 1.82) is 0 Å². The van der Waals surface area contributed by atoms with Gasteiger partial charge in [0.25, 0.3) is 5.91 Å². The van der Waals surface area contributed by atoms with E-state index in [1.807, 2.05) is 31.2 Å². The number of aromatic nitrogens is 1. The van der Waals surface area contributed by atoms with E-state index in [4.69, 9.17) is 12.2 Å². The van der Waals surface area contributed by atoms with Gasteiger partial charge in [0, 0.05) is 18.0 Å². The van der Waals surface area contributed by atoms with Crippen molar-refractivity contribution >= 4 is 29.1 Å². The number of hydrogen-bond donors (Lipinski definition) is 3. The van der Waals surface area contributed by atoms with Crippen LogP contribution in [0.4, 0.5) is 0 Å². The van der Waals surface area contributed by atoms with Gasteiger partial charge in [0.2, 0.25) is 5.91 Å². The van der Waals surface area contributed by atoms with Crippen molar-refractivity contribution in [3.8, 4) is 0 Å². The van der Waals surface area contributed by atoms with Crippen LogP contribution in [0.25, 0.3) is 0 Å². The molecule has 7 heteroatoms. The Morgan fingerprint density at radius 2 is 1.78 bits per heavy atom. The van der Waals surface area contributed by atoms with Gasteiger partial charge >= 0.3 is 0 Å². The summed E-state index contributed by atoms with van der Waals surface area (Å²) >= 11 is 4.98. The van der Waals surface area contributed by atoms with Gasteiger partial charge in [-0.1, -0.05) is 24.3 Å². The molecule has 2 aromatic rings. The Balaban J connectivity index is 1.79. The van der Waals surface area contributed by atoms with E-state index in [1.165, 1.54) is 12.4 Å². The fraction of sp³-hybridized carbons (Fsp3) is 0.125. The summed E-state index contributed by atoms with van der Waals surface area (Å²) in [6.07, 6.45) is 3.24. The van der Waals surface area contributed by atoms with Gasteiger partial charge in [-0.15, -0.1) is 0 Å². The van der Waals surface area contributed by atoms with E-state index in [0.717, 1.165) is 11.1 Å². The molecule has 0 saturated heterocycles. The maximum atomic E-state index is 11.9. The van der Waals surface area contributed by atoms with Crippen molar-refractivity contribution in [2.45, 2.75) is 13.3 Å². The van der Waals surface area contributed by atoms with Crippen molar-refractivity contribution in [2.24, 2.45) is 0 Å². The molecule has 0 unspecified atom stereocenters. The maximum absolute atomic E-state index is 11.9. The minimum atomic E-state index is -0.372. The largest absolute Gasteiger partial charge is 0.302 e. The predicted molar refractivity (Wildman–Crippen MR) is 90.5 cm³/mol. The molecule has 0 spiro atoms. The molecule has 0 bridgehead atoms. The molecule has 0 radical (unpaired) electrons. The second kappa shape index (κ2) is 8.00. The molecule has 0 aliphatic heterocycles. The molecule has 3 N–H and O–H groups in total. The number of hydrogen-bond acceptors (Lipinski definition) is 4. The van der Waals surface area contributed by atoms with E-state index >= 15 is 0 Å². The lowest BCUT2D eigenvalue weighted by Crippen LogP contribution is -2.48. The monoisotopic (exact) mass is 328 g/mol. The van der Waals surface area contributed by atoms with Crippen molar-refractivity contribution in [1.82, 2.24) is 21.2 Å².